The van der Waals surface area contributed by atoms with Gasteiger partial charge in [-0.15, -0.1) is 11.6 Å². The number of esters is 1. The highest BCUT2D eigenvalue weighted by molar-refractivity contribution is 6.17. The summed E-state index contributed by atoms with van der Waals surface area (Å²) in [6.07, 6.45) is 0. The van der Waals surface area contributed by atoms with Crippen molar-refractivity contribution in [2.24, 2.45) is 0 Å². The van der Waals surface area contributed by atoms with Crippen molar-refractivity contribution in [1.29, 1.82) is 0 Å². The van der Waals surface area contributed by atoms with Crippen LogP contribution in [0.15, 0.2) is 78.9 Å². The van der Waals surface area contributed by atoms with E-state index in [1.165, 1.54) is 0 Å². The van der Waals surface area contributed by atoms with Crippen molar-refractivity contribution >= 4 is 40.5 Å². The van der Waals surface area contributed by atoms with Crippen LogP contribution in [0.2, 0.25) is 0 Å². The van der Waals surface area contributed by atoms with Gasteiger partial charge < -0.3 is 24.6 Å². The Morgan fingerprint density at radius 3 is 1.95 bits per heavy atom. The second-order valence-electron chi connectivity index (χ2n) is 10.4. The Morgan fingerprint density at radius 2 is 1.40 bits per heavy atom. The number of fused-ring (bicyclic) bond motifs is 6. The first-order valence-electron chi connectivity index (χ1n) is 12.9. The van der Waals surface area contributed by atoms with Crippen LogP contribution in [0.1, 0.15) is 43.0 Å². The molecule has 1 spiro atoms. The van der Waals surface area contributed by atoms with E-state index in [1.807, 2.05) is 92.6 Å². The van der Waals surface area contributed by atoms with Crippen molar-refractivity contribution in [3.8, 4) is 11.5 Å². The summed E-state index contributed by atoms with van der Waals surface area (Å²) < 4.78 is 12.8. The average Bonchev–Trinajstić information content (AvgIpc) is 3.24. The van der Waals surface area contributed by atoms with Crippen LogP contribution in [0.25, 0.3) is 0 Å². The summed E-state index contributed by atoms with van der Waals surface area (Å²) in [5.41, 5.74) is 5.17. The molecule has 1 amide bonds. The minimum Gasteiger partial charge on any atom is -0.456 e. The van der Waals surface area contributed by atoms with Gasteiger partial charge in [-0.05, 0) is 60.2 Å². The lowest BCUT2D eigenvalue weighted by molar-refractivity contribution is 0.0224. The van der Waals surface area contributed by atoms with Crippen molar-refractivity contribution in [3.63, 3.8) is 0 Å². The lowest BCUT2D eigenvalue weighted by Gasteiger charge is -2.37. The zero-order valence-electron chi connectivity index (χ0n) is 22.6. The number of alkyl halides is 1. The third kappa shape index (κ3) is 4.05. The third-order valence-corrected chi connectivity index (χ3v) is 7.74. The molecule has 7 nitrogen and oxygen atoms in total. The van der Waals surface area contributed by atoms with Crippen molar-refractivity contribution in [2.75, 3.05) is 43.3 Å². The van der Waals surface area contributed by atoms with E-state index in [1.54, 1.807) is 24.3 Å². The zero-order valence-corrected chi connectivity index (χ0v) is 23.4. The molecule has 0 radical (unpaired) electrons. The van der Waals surface area contributed by atoms with Crippen LogP contribution in [0.4, 0.5) is 17.1 Å². The minimum absolute atomic E-state index is 0.264. The van der Waals surface area contributed by atoms with Crippen LogP contribution >= 0.6 is 11.6 Å². The summed E-state index contributed by atoms with van der Waals surface area (Å²) in [5, 5.41) is 2.97. The molecule has 0 bridgehead atoms. The number of anilines is 3. The number of hydrogen-bond acceptors (Lipinski definition) is 6. The van der Waals surface area contributed by atoms with Crippen molar-refractivity contribution < 1.29 is 19.1 Å². The quantitative estimate of drug-likeness (QED) is 0.228. The van der Waals surface area contributed by atoms with E-state index in [2.05, 4.69) is 5.32 Å². The Kier molecular flexibility index (Phi) is 6.19. The minimum atomic E-state index is -1.24. The fourth-order valence-corrected chi connectivity index (χ4v) is 5.46. The van der Waals surface area contributed by atoms with Gasteiger partial charge in [0.05, 0.1) is 5.56 Å². The molecule has 40 heavy (non-hydrogen) atoms. The number of carbonyl (C=O) groups excluding carboxylic acids is 2. The highest BCUT2D eigenvalue weighted by Gasteiger charge is 2.53. The fourth-order valence-electron chi connectivity index (χ4n) is 5.28. The van der Waals surface area contributed by atoms with Gasteiger partial charge in [0.15, 0.2) is 5.60 Å². The molecule has 8 heteroatoms. The van der Waals surface area contributed by atoms with Gasteiger partial charge in [-0.1, -0.05) is 12.1 Å². The highest BCUT2D eigenvalue weighted by Crippen LogP contribution is 2.57. The van der Waals surface area contributed by atoms with Gasteiger partial charge in [-0.3, -0.25) is 4.79 Å². The number of rotatable bonds is 5. The highest BCUT2D eigenvalue weighted by atomic mass is 35.5. The summed E-state index contributed by atoms with van der Waals surface area (Å²) in [4.78, 5) is 30.4. The van der Waals surface area contributed by atoms with E-state index >= 15 is 0 Å². The summed E-state index contributed by atoms with van der Waals surface area (Å²) >= 11 is 5.89. The maximum absolute atomic E-state index is 13.3. The van der Waals surface area contributed by atoms with E-state index in [0.29, 0.717) is 39.8 Å². The van der Waals surface area contributed by atoms with Gasteiger partial charge >= 0.3 is 5.97 Å². The molecule has 2 heterocycles. The number of nitrogens with one attached hydrogen (secondary N) is 1. The number of nitrogens with zero attached hydrogens (tertiary/aromatic N) is 2. The van der Waals surface area contributed by atoms with Gasteiger partial charge in [0.2, 0.25) is 0 Å². The standard InChI is InChI=1S/C32H28ClN3O4/c1-35(2)22-10-13-25-28(16-22)39-29-17-23(36(3)4)11-14-26(29)32(25)27-15-21(9-12-24(27)31(38)40-32)34-30(37)20-7-5-19(18-33)6-8-20/h5-17H,18H2,1-4H3,(H,34,37). The maximum atomic E-state index is 13.3. The van der Waals surface area contributed by atoms with E-state index in [-0.39, 0.29) is 5.91 Å². The number of hydrogen-bond donors (Lipinski definition) is 1. The van der Waals surface area contributed by atoms with Gasteiger partial charge in [0.25, 0.3) is 5.91 Å². The second kappa shape index (κ2) is 9.61. The number of ether oxygens (including phenoxy) is 2. The topological polar surface area (TPSA) is 71.1 Å². The number of amides is 1. The van der Waals surface area contributed by atoms with E-state index in [0.717, 1.165) is 28.1 Å². The predicted octanol–water partition coefficient (Wildman–Crippen LogP) is 6.38. The number of halogens is 1. The molecule has 0 saturated heterocycles. The summed E-state index contributed by atoms with van der Waals surface area (Å²) in [7, 11) is 7.84. The number of benzene rings is 4. The lowest BCUT2D eigenvalue weighted by atomic mass is 9.77. The summed E-state index contributed by atoms with van der Waals surface area (Å²) in [6, 6.07) is 24.1. The first kappa shape index (κ1) is 25.8. The number of carbonyl (C=O) groups is 2. The monoisotopic (exact) mass is 553 g/mol. The molecule has 202 valence electrons. The molecule has 0 unspecified atom stereocenters. The van der Waals surface area contributed by atoms with E-state index in [9.17, 15) is 9.59 Å². The molecular weight excluding hydrogens is 526 g/mol. The largest absolute Gasteiger partial charge is 0.456 e. The Hall–Kier alpha value is -4.49. The molecule has 0 fully saturated rings. The Bertz CT molecular complexity index is 1610. The third-order valence-electron chi connectivity index (χ3n) is 7.43. The molecule has 0 aromatic heterocycles. The molecule has 2 aliphatic rings. The van der Waals surface area contributed by atoms with Crippen LogP contribution in [0.5, 0.6) is 11.5 Å². The molecule has 4 aromatic rings. The first-order valence-corrected chi connectivity index (χ1v) is 13.4. The molecule has 0 saturated carbocycles. The van der Waals surface area contributed by atoms with Gasteiger partial charge in [0.1, 0.15) is 11.5 Å². The summed E-state index contributed by atoms with van der Waals surface area (Å²) in [6.45, 7) is 0. The predicted molar refractivity (Wildman–Crippen MR) is 157 cm³/mol. The van der Waals surface area contributed by atoms with Crippen LogP contribution in [-0.2, 0) is 16.2 Å². The molecular formula is C32H28ClN3O4. The normalized spacial score (nSPS) is 14.0. The van der Waals surface area contributed by atoms with E-state index < -0.39 is 11.6 Å². The van der Waals surface area contributed by atoms with Gasteiger partial charge in [-0.25, -0.2) is 4.79 Å². The molecule has 2 aliphatic heterocycles. The summed E-state index contributed by atoms with van der Waals surface area (Å²) in [5.74, 6) is 0.880. The Labute approximate surface area is 237 Å². The van der Waals surface area contributed by atoms with Crippen LogP contribution in [0.3, 0.4) is 0 Å². The Morgan fingerprint density at radius 1 is 0.800 bits per heavy atom. The average molecular weight is 554 g/mol. The molecule has 1 N–H and O–H groups in total. The lowest BCUT2D eigenvalue weighted by Crippen LogP contribution is -2.33. The van der Waals surface area contributed by atoms with Crippen LogP contribution in [-0.4, -0.2) is 40.1 Å². The maximum Gasteiger partial charge on any atom is 0.340 e. The smallest absolute Gasteiger partial charge is 0.340 e. The molecule has 6 rings (SSSR count). The van der Waals surface area contributed by atoms with Gasteiger partial charge in [-0.2, -0.15) is 0 Å². The molecule has 4 aromatic carbocycles. The molecule has 0 atom stereocenters. The SMILES string of the molecule is CN(C)c1ccc2c(c1)Oc1cc(N(C)C)ccc1C21OC(=O)c2ccc(NC(=O)c3ccc(CCl)cc3)cc21. The Balaban J connectivity index is 1.50. The molecule has 0 aliphatic carbocycles. The van der Waals surface area contributed by atoms with Crippen molar-refractivity contribution in [2.45, 2.75) is 11.5 Å². The second-order valence-corrected chi connectivity index (χ2v) is 10.6. The van der Waals surface area contributed by atoms with Crippen molar-refractivity contribution in [3.05, 3.63) is 112 Å². The van der Waals surface area contributed by atoms with Crippen LogP contribution < -0.4 is 19.9 Å². The van der Waals surface area contributed by atoms with Crippen LogP contribution in [0, 0.1) is 0 Å². The zero-order chi connectivity index (χ0) is 28.2. The first-order chi connectivity index (χ1) is 19.2. The fraction of sp³-hybridized carbons (Fsp3) is 0.188. The van der Waals surface area contributed by atoms with Gasteiger partial charge in [0, 0.05) is 85.5 Å². The van der Waals surface area contributed by atoms with Crippen molar-refractivity contribution in [1.82, 2.24) is 0 Å². The van der Waals surface area contributed by atoms with E-state index in [4.69, 9.17) is 21.1 Å².